The van der Waals surface area contributed by atoms with Crippen LogP contribution in [0, 0.1) is 11.8 Å². The molecule has 3 rings (SSSR count). The monoisotopic (exact) mass is 236 g/mol. The second kappa shape index (κ2) is 2.84. The molecule has 2 atom stereocenters. The van der Waals surface area contributed by atoms with Crippen LogP contribution in [0.5, 0.6) is 0 Å². The van der Waals surface area contributed by atoms with Crippen molar-refractivity contribution >= 4 is 15.9 Å². The Morgan fingerprint density at radius 1 is 0.923 bits per heavy atom. The van der Waals surface area contributed by atoms with Gasteiger partial charge in [0.1, 0.15) is 0 Å². The lowest BCUT2D eigenvalue weighted by Gasteiger charge is -2.11. The second-order valence-electron chi connectivity index (χ2n) is 4.48. The van der Waals surface area contributed by atoms with Crippen LogP contribution < -0.4 is 0 Å². The van der Waals surface area contributed by atoms with E-state index in [0.29, 0.717) is 0 Å². The highest BCUT2D eigenvalue weighted by molar-refractivity contribution is 9.10. The van der Waals surface area contributed by atoms with Crippen LogP contribution in [0.4, 0.5) is 0 Å². The highest BCUT2D eigenvalue weighted by Gasteiger charge is 2.45. The quantitative estimate of drug-likeness (QED) is 0.693. The minimum atomic E-state index is 0.872. The van der Waals surface area contributed by atoms with Crippen molar-refractivity contribution in [3.05, 3.63) is 34.3 Å². The molecule has 0 heterocycles. The predicted octanol–water partition coefficient (Wildman–Crippen LogP) is 3.96. The Morgan fingerprint density at radius 3 is 2.15 bits per heavy atom. The number of rotatable bonds is 1. The summed E-state index contributed by atoms with van der Waals surface area (Å²) in [5, 5.41) is 0. The van der Waals surface area contributed by atoms with Crippen molar-refractivity contribution in [2.45, 2.75) is 25.2 Å². The first-order chi connectivity index (χ1) is 6.33. The Bertz CT molecular complexity index is 304. The van der Waals surface area contributed by atoms with Crippen LogP contribution >= 0.6 is 15.9 Å². The van der Waals surface area contributed by atoms with Gasteiger partial charge in [-0.25, -0.2) is 0 Å². The van der Waals surface area contributed by atoms with Gasteiger partial charge in [0.15, 0.2) is 0 Å². The molecule has 0 N–H and O–H groups in total. The first kappa shape index (κ1) is 8.05. The normalized spacial score (nSPS) is 35.9. The Hall–Kier alpha value is -0.300. The molecule has 0 saturated heterocycles. The molecule has 0 aliphatic heterocycles. The van der Waals surface area contributed by atoms with Gasteiger partial charge in [-0.1, -0.05) is 28.1 Å². The van der Waals surface area contributed by atoms with Crippen LogP contribution in [0.25, 0.3) is 0 Å². The molecule has 0 aromatic heterocycles. The second-order valence-corrected chi connectivity index (χ2v) is 5.39. The molecule has 1 aromatic carbocycles. The van der Waals surface area contributed by atoms with E-state index in [9.17, 15) is 0 Å². The summed E-state index contributed by atoms with van der Waals surface area (Å²) in [5.41, 5.74) is 1.55. The van der Waals surface area contributed by atoms with Gasteiger partial charge in [-0.15, -0.1) is 0 Å². The summed E-state index contributed by atoms with van der Waals surface area (Å²) in [6, 6.07) is 8.89. The lowest BCUT2D eigenvalue weighted by Crippen LogP contribution is -1.94. The average molecular weight is 237 g/mol. The van der Waals surface area contributed by atoms with E-state index in [2.05, 4.69) is 40.2 Å². The highest BCUT2D eigenvalue weighted by atomic mass is 79.9. The molecule has 1 heteroatoms. The predicted molar refractivity (Wildman–Crippen MR) is 57.7 cm³/mol. The van der Waals surface area contributed by atoms with Crippen molar-refractivity contribution in [2.75, 3.05) is 0 Å². The van der Waals surface area contributed by atoms with Crippen molar-refractivity contribution in [2.24, 2.45) is 11.8 Å². The summed E-state index contributed by atoms with van der Waals surface area (Å²) in [6.45, 7) is 0. The molecule has 2 unspecified atom stereocenters. The van der Waals surface area contributed by atoms with Crippen molar-refractivity contribution in [3.63, 3.8) is 0 Å². The van der Waals surface area contributed by atoms with Crippen LogP contribution in [-0.2, 0) is 0 Å². The molecule has 2 fully saturated rings. The van der Waals surface area contributed by atoms with E-state index in [4.69, 9.17) is 0 Å². The van der Waals surface area contributed by atoms with Gasteiger partial charge >= 0.3 is 0 Å². The van der Waals surface area contributed by atoms with Crippen LogP contribution in [-0.4, -0.2) is 0 Å². The van der Waals surface area contributed by atoms with Crippen molar-refractivity contribution in [3.8, 4) is 0 Å². The highest BCUT2D eigenvalue weighted by Crippen LogP contribution is 2.57. The Labute approximate surface area is 87.5 Å². The van der Waals surface area contributed by atoms with Crippen LogP contribution in [0.1, 0.15) is 30.7 Å². The summed E-state index contributed by atoms with van der Waals surface area (Å²) in [4.78, 5) is 0. The molecule has 1 aromatic rings. The fraction of sp³-hybridized carbons (Fsp3) is 0.500. The standard InChI is InChI=1S/C12H13Br/c13-12-3-1-8(2-4-12)9-5-10-7-11(10)6-9/h1-4,9-11H,5-7H2. The van der Waals surface area contributed by atoms with Crippen molar-refractivity contribution in [1.29, 1.82) is 0 Å². The first-order valence-electron chi connectivity index (χ1n) is 5.08. The maximum Gasteiger partial charge on any atom is 0.0175 e. The molecule has 2 aliphatic carbocycles. The zero-order valence-corrected chi connectivity index (χ0v) is 9.13. The zero-order chi connectivity index (χ0) is 8.84. The molecule has 0 radical (unpaired) electrons. The summed E-state index contributed by atoms with van der Waals surface area (Å²) < 4.78 is 1.19. The van der Waals surface area contributed by atoms with Crippen molar-refractivity contribution in [1.82, 2.24) is 0 Å². The van der Waals surface area contributed by atoms with E-state index in [-0.39, 0.29) is 0 Å². The lowest BCUT2D eigenvalue weighted by atomic mass is 9.94. The van der Waals surface area contributed by atoms with Crippen LogP contribution in [0.3, 0.4) is 0 Å². The number of benzene rings is 1. The third-order valence-corrected chi connectivity index (χ3v) is 4.11. The topological polar surface area (TPSA) is 0 Å². The van der Waals surface area contributed by atoms with E-state index in [1.807, 2.05) is 0 Å². The molecule has 0 spiro atoms. The van der Waals surface area contributed by atoms with E-state index >= 15 is 0 Å². The summed E-state index contributed by atoms with van der Waals surface area (Å²) in [6.07, 6.45) is 4.42. The van der Waals surface area contributed by atoms with Crippen LogP contribution in [0.15, 0.2) is 28.7 Å². The molecule has 2 saturated carbocycles. The smallest absolute Gasteiger partial charge is 0.0175 e. The summed E-state index contributed by atoms with van der Waals surface area (Å²) in [7, 11) is 0. The Kier molecular flexibility index (Phi) is 1.76. The van der Waals surface area contributed by atoms with E-state index < -0.39 is 0 Å². The fourth-order valence-electron chi connectivity index (χ4n) is 2.72. The molecule has 0 amide bonds. The average Bonchev–Trinajstić information content (AvgIpc) is 2.75. The zero-order valence-electron chi connectivity index (χ0n) is 7.54. The minimum absolute atomic E-state index is 0.872. The van der Waals surface area contributed by atoms with E-state index in [1.165, 1.54) is 23.7 Å². The summed E-state index contributed by atoms with van der Waals surface area (Å²) >= 11 is 3.47. The van der Waals surface area contributed by atoms with Crippen LogP contribution in [0.2, 0.25) is 0 Å². The van der Waals surface area contributed by atoms with Gasteiger partial charge in [-0.05, 0) is 54.7 Å². The number of halogens is 1. The van der Waals surface area contributed by atoms with Gasteiger partial charge in [-0.2, -0.15) is 0 Å². The van der Waals surface area contributed by atoms with Gasteiger partial charge in [0.2, 0.25) is 0 Å². The molecule has 0 nitrogen and oxygen atoms in total. The maximum absolute atomic E-state index is 3.47. The molecule has 2 aliphatic rings. The van der Waals surface area contributed by atoms with Gasteiger partial charge in [0.05, 0.1) is 0 Å². The number of fused-ring (bicyclic) bond motifs is 1. The Balaban J connectivity index is 1.81. The number of hydrogen-bond acceptors (Lipinski definition) is 0. The number of hydrogen-bond donors (Lipinski definition) is 0. The maximum atomic E-state index is 3.47. The van der Waals surface area contributed by atoms with Gasteiger partial charge in [0.25, 0.3) is 0 Å². The minimum Gasteiger partial charge on any atom is -0.0576 e. The third-order valence-electron chi connectivity index (χ3n) is 3.58. The third kappa shape index (κ3) is 1.43. The van der Waals surface area contributed by atoms with Gasteiger partial charge in [-0.3, -0.25) is 0 Å². The fourth-order valence-corrected chi connectivity index (χ4v) is 2.99. The Morgan fingerprint density at radius 2 is 1.54 bits per heavy atom. The van der Waals surface area contributed by atoms with Gasteiger partial charge < -0.3 is 0 Å². The SMILES string of the molecule is Brc1ccc(C2CC3CC3C2)cc1. The van der Waals surface area contributed by atoms with Crippen molar-refractivity contribution < 1.29 is 0 Å². The van der Waals surface area contributed by atoms with E-state index in [0.717, 1.165) is 17.8 Å². The summed E-state index contributed by atoms with van der Waals surface area (Å²) in [5.74, 6) is 3.05. The molecular formula is C12H13Br. The molecule has 13 heavy (non-hydrogen) atoms. The van der Waals surface area contributed by atoms with E-state index in [1.54, 1.807) is 5.56 Å². The molecular weight excluding hydrogens is 224 g/mol. The lowest BCUT2D eigenvalue weighted by molar-refractivity contribution is 0.624. The first-order valence-corrected chi connectivity index (χ1v) is 5.87. The molecule has 68 valence electrons. The largest absolute Gasteiger partial charge is 0.0576 e. The van der Waals surface area contributed by atoms with Gasteiger partial charge in [0, 0.05) is 4.47 Å². The molecule has 0 bridgehead atoms.